The van der Waals surface area contributed by atoms with Crippen LogP contribution in [0, 0.1) is 5.92 Å². The largest absolute Gasteiger partial charge is 0.371 e. The lowest BCUT2D eigenvalue weighted by molar-refractivity contribution is 0.0988. The van der Waals surface area contributed by atoms with Gasteiger partial charge in [-0.15, -0.1) is 0 Å². The van der Waals surface area contributed by atoms with E-state index in [-0.39, 0.29) is 5.78 Å². The third-order valence-corrected chi connectivity index (χ3v) is 4.36. The molecule has 2 atom stereocenters. The Hall–Kier alpha value is -1.31. The van der Waals surface area contributed by atoms with E-state index in [2.05, 4.69) is 24.9 Å². The van der Waals surface area contributed by atoms with E-state index in [9.17, 15) is 4.79 Å². The molecule has 1 aliphatic carbocycles. The summed E-state index contributed by atoms with van der Waals surface area (Å²) in [5, 5.41) is 0. The van der Waals surface area contributed by atoms with Crippen LogP contribution >= 0.6 is 0 Å². The van der Waals surface area contributed by atoms with Crippen molar-refractivity contribution in [2.24, 2.45) is 5.92 Å². The van der Waals surface area contributed by atoms with E-state index in [1.165, 1.54) is 25.7 Å². The first-order valence-corrected chi connectivity index (χ1v) is 7.48. The van der Waals surface area contributed by atoms with E-state index in [0.717, 1.165) is 17.2 Å². The number of anilines is 1. The molecule has 0 radical (unpaired) electrons. The Bertz CT molecular complexity index is 441. The molecular formula is C17H25NO. The molecule has 0 aromatic heterocycles. The van der Waals surface area contributed by atoms with Crippen molar-refractivity contribution in [3.05, 3.63) is 29.8 Å². The fourth-order valence-electron chi connectivity index (χ4n) is 3.16. The lowest BCUT2D eigenvalue weighted by atomic mass is 9.86. The molecule has 0 aliphatic heterocycles. The first kappa shape index (κ1) is 14.1. The maximum Gasteiger partial charge on any atom is 0.164 e. The SMILES string of the molecule is CCC(=O)c1ccccc1N(C)C1CCCC(C)C1. The van der Waals surface area contributed by atoms with Crippen molar-refractivity contribution < 1.29 is 4.79 Å². The maximum atomic E-state index is 12.1. The Labute approximate surface area is 116 Å². The van der Waals surface area contributed by atoms with E-state index in [1.54, 1.807) is 0 Å². The van der Waals surface area contributed by atoms with Gasteiger partial charge in [0.25, 0.3) is 0 Å². The minimum atomic E-state index is 0.242. The summed E-state index contributed by atoms with van der Waals surface area (Å²) >= 11 is 0. The average Bonchev–Trinajstić information content (AvgIpc) is 2.45. The van der Waals surface area contributed by atoms with Crippen LogP contribution in [0.25, 0.3) is 0 Å². The van der Waals surface area contributed by atoms with Gasteiger partial charge in [-0.25, -0.2) is 0 Å². The van der Waals surface area contributed by atoms with Crippen molar-refractivity contribution in [3.63, 3.8) is 0 Å². The zero-order valence-corrected chi connectivity index (χ0v) is 12.4. The van der Waals surface area contributed by atoms with Gasteiger partial charge in [0.1, 0.15) is 0 Å². The first-order valence-electron chi connectivity index (χ1n) is 7.48. The van der Waals surface area contributed by atoms with Gasteiger partial charge in [-0.3, -0.25) is 4.79 Å². The van der Waals surface area contributed by atoms with Gasteiger partial charge in [0.05, 0.1) is 0 Å². The molecule has 0 saturated heterocycles. The lowest BCUT2D eigenvalue weighted by Gasteiger charge is -2.36. The highest BCUT2D eigenvalue weighted by molar-refractivity contribution is 6.01. The molecule has 0 N–H and O–H groups in total. The van der Waals surface area contributed by atoms with Gasteiger partial charge < -0.3 is 4.90 Å². The van der Waals surface area contributed by atoms with Crippen molar-refractivity contribution in [3.8, 4) is 0 Å². The van der Waals surface area contributed by atoms with Gasteiger partial charge in [0, 0.05) is 30.8 Å². The van der Waals surface area contributed by atoms with E-state index in [1.807, 2.05) is 25.1 Å². The highest BCUT2D eigenvalue weighted by Crippen LogP contribution is 2.31. The Kier molecular flexibility index (Phi) is 4.62. The fraction of sp³-hybridized carbons (Fsp3) is 0.588. The highest BCUT2D eigenvalue weighted by Gasteiger charge is 2.24. The number of benzene rings is 1. The average molecular weight is 259 g/mol. The number of carbonyl (C=O) groups is 1. The van der Waals surface area contributed by atoms with E-state index in [0.29, 0.717) is 12.5 Å². The maximum absolute atomic E-state index is 12.1. The van der Waals surface area contributed by atoms with Crippen molar-refractivity contribution in [1.29, 1.82) is 0 Å². The molecule has 104 valence electrons. The quantitative estimate of drug-likeness (QED) is 0.752. The second-order valence-electron chi connectivity index (χ2n) is 5.83. The van der Waals surface area contributed by atoms with Gasteiger partial charge in [-0.05, 0) is 30.9 Å². The number of rotatable bonds is 4. The molecule has 0 heterocycles. The Balaban J connectivity index is 2.23. The molecule has 2 unspecified atom stereocenters. The highest BCUT2D eigenvalue weighted by atomic mass is 16.1. The van der Waals surface area contributed by atoms with E-state index < -0.39 is 0 Å². The molecule has 2 heteroatoms. The Morgan fingerprint density at radius 2 is 2.05 bits per heavy atom. The Morgan fingerprint density at radius 3 is 2.74 bits per heavy atom. The molecule has 1 aromatic rings. The molecule has 0 spiro atoms. The molecule has 1 fully saturated rings. The minimum absolute atomic E-state index is 0.242. The van der Waals surface area contributed by atoms with Crippen LogP contribution < -0.4 is 4.90 Å². The van der Waals surface area contributed by atoms with Gasteiger partial charge in [-0.2, -0.15) is 0 Å². The normalized spacial score (nSPS) is 23.1. The summed E-state index contributed by atoms with van der Waals surface area (Å²) < 4.78 is 0. The van der Waals surface area contributed by atoms with Gasteiger partial charge in [-0.1, -0.05) is 38.8 Å². The van der Waals surface area contributed by atoms with E-state index in [4.69, 9.17) is 0 Å². The summed E-state index contributed by atoms with van der Waals surface area (Å²) in [5.41, 5.74) is 1.99. The van der Waals surface area contributed by atoms with Crippen molar-refractivity contribution in [2.45, 2.75) is 52.0 Å². The fourth-order valence-corrected chi connectivity index (χ4v) is 3.16. The predicted octanol–water partition coefficient (Wildman–Crippen LogP) is 4.29. The molecule has 2 nitrogen and oxygen atoms in total. The smallest absolute Gasteiger partial charge is 0.164 e. The minimum Gasteiger partial charge on any atom is -0.371 e. The van der Waals surface area contributed by atoms with Crippen LogP contribution in [0.3, 0.4) is 0 Å². The van der Waals surface area contributed by atoms with Gasteiger partial charge >= 0.3 is 0 Å². The molecular weight excluding hydrogens is 234 g/mol. The molecule has 1 aliphatic rings. The first-order chi connectivity index (χ1) is 9.13. The number of Topliss-reactive ketones (excluding diaryl/α,β-unsaturated/α-hetero) is 1. The van der Waals surface area contributed by atoms with Crippen LogP contribution in [0.5, 0.6) is 0 Å². The van der Waals surface area contributed by atoms with Crippen LogP contribution in [-0.2, 0) is 0 Å². The van der Waals surface area contributed by atoms with Crippen LogP contribution in [0.1, 0.15) is 56.3 Å². The van der Waals surface area contributed by atoms with Crippen molar-refractivity contribution >= 4 is 11.5 Å². The summed E-state index contributed by atoms with van der Waals surface area (Å²) in [7, 11) is 2.14. The molecule has 0 bridgehead atoms. The number of hydrogen-bond acceptors (Lipinski definition) is 2. The Morgan fingerprint density at radius 1 is 1.32 bits per heavy atom. The summed E-state index contributed by atoms with van der Waals surface area (Å²) in [6.07, 6.45) is 5.71. The van der Waals surface area contributed by atoms with Crippen molar-refractivity contribution in [1.82, 2.24) is 0 Å². The summed E-state index contributed by atoms with van der Waals surface area (Å²) in [6, 6.07) is 8.62. The van der Waals surface area contributed by atoms with Gasteiger partial charge in [0.2, 0.25) is 0 Å². The number of carbonyl (C=O) groups excluding carboxylic acids is 1. The van der Waals surface area contributed by atoms with Crippen LogP contribution in [0.15, 0.2) is 24.3 Å². The zero-order chi connectivity index (χ0) is 13.8. The lowest BCUT2D eigenvalue weighted by Crippen LogP contribution is -2.36. The van der Waals surface area contributed by atoms with Crippen LogP contribution in [0.2, 0.25) is 0 Å². The monoisotopic (exact) mass is 259 g/mol. The summed E-state index contributed by atoms with van der Waals surface area (Å²) in [5.74, 6) is 1.04. The molecule has 1 saturated carbocycles. The number of ketones is 1. The van der Waals surface area contributed by atoms with Gasteiger partial charge in [0.15, 0.2) is 5.78 Å². The summed E-state index contributed by atoms with van der Waals surface area (Å²) in [4.78, 5) is 14.4. The van der Waals surface area contributed by atoms with Crippen LogP contribution in [0.4, 0.5) is 5.69 Å². The molecule has 2 rings (SSSR count). The third kappa shape index (κ3) is 3.17. The zero-order valence-electron chi connectivity index (χ0n) is 12.4. The second kappa shape index (κ2) is 6.23. The molecule has 19 heavy (non-hydrogen) atoms. The number of nitrogens with zero attached hydrogens (tertiary/aromatic N) is 1. The summed E-state index contributed by atoms with van der Waals surface area (Å²) in [6.45, 7) is 4.27. The van der Waals surface area contributed by atoms with Crippen LogP contribution in [-0.4, -0.2) is 18.9 Å². The van der Waals surface area contributed by atoms with Crippen molar-refractivity contribution in [2.75, 3.05) is 11.9 Å². The predicted molar refractivity (Wildman–Crippen MR) is 80.9 cm³/mol. The number of para-hydroxylation sites is 1. The second-order valence-corrected chi connectivity index (χ2v) is 5.83. The standard InChI is InChI=1S/C17H25NO/c1-4-17(19)15-10-5-6-11-16(15)18(3)14-9-7-8-13(2)12-14/h5-6,10-11,13-14H,4,7-9,12H2,1-3H3. The third-order valence-electron chi connectivity index (χ3n) is 4.36. The van der Waals surface area contributed by atoms with E-state index >= 15 is 0 Å². The topological polar surface area (TPSA) is 20.3 Å². The molecule has 1 aromatic carbocycles. The molecule has 0 amide bonds. The number of hydrogen-bond donors (Lipinski definition) is 0.